The van der Waals surface area contributed by atoms with Crippen molar-refractivity contribution < 1.29 is 19.4 Å². The molecule has 0 saturated heterocycles. The molecule has 0 heterocycles. The molecular weight excluding hydrogens is 312 g/mol. The van der Waals surface area contributed by atoms with Gasteiger partial charge in [0.15, 0.2) is 0 Å². The second kappa shape index (κ2) is 9.92. The Morgan fingerprint density at radius 3 is 2.81 bits per heavy atom. The summed E-state index contributed by atoms with van der Waals surface area (Å²) in [7, 11) is 1.65. The summed E-state index contributed by atoms with van der Waals surface area (Å²) in [4.78, 5) is 11.8. The lowest BCUT2D eigenvalue weighted by atomic mass is 10.2. The Morgan fingerprint density at radius 2 is 2.19 bits per heavy atom. The number of carboxylic acid groups (broad SMARTS) is 1. The fourth-order valence-electron chi connectivity index (χ4n) is 1.71. The minimum Gasteiger partial charge on any atom is -0.492 e. The summed E-state index contributed by atoms with van der Waals surface area (Å²) in [5.41, 5.74) is 0. The monoisotopic (exact) mass is 332 g/mol. The molecule has 21 heavy (non-hydrogen) atoms. The lowest BCUT2D eigenvalue weighted by Gasteiger charge is -2.14. The molecule has 0 aliphatic carbocycles. The zero-order valence-electron chi connectivity index (χ0n) is 12.3. The van der Waals surface area contributed by atoms with Gasteiger partial charge in [0.1, 0.15) is 5.75 Å². The van der Waals surface area contributed by atoms with Crippen LogP contribution in [0.3, 0.4) is 0 Å². The first kappa shape index (κ1) is 18.1. The number of thioether (sulfide) groups is 1. The van der Waals surface area contributed by atoms with E-state index in [4.69, 9.17) is 26.2 Å². The lowest BCUT2D eigenvalue weighted by Crippen LogP contribution is -2.08. The predicted molar refractivity (Wildman–Crippen MR) is 85.6 cm³/mol. The van der Waals surface area contributed by atoms with Crippen LogP contribution in [-0.4, -0.2) is 36.6 Å². The van der Waals surface area contributed by atoms with E-state index in [1.165, 1.54) is 11.8 Å². The quantitative estimate of drug-likeness (QED) is 0.516. The first-order valence-electron chi connectivity index (χ1n) is 6.86. The Hall–Kier alpha value is -0.910. The van der Waals surface area contributed by atoms with Crippen LogP contribution in [0.2, 0.25) is 5.02 Å². The van der Waals surface area contributed by atoms with Crippen molar-refractivity contribution in [3.63, 3.8) is 0 Å². The lowest BCUT2D eigenvalue weighted by molar-refractivity contribution is -0.136. The van der Waals surface area contributed by atoms with Gasteiger partial charge in [-0.1, -0.05) is 18.5 Å². The summed E-state index contributed by atoms with van der Waals surface area (Å²) in [6.07, 6.45) is 1.73. The molecule has 0 bridgehead atoms. The van der Waals surface area contributed by atoms with Gasteiger partial charge in [-0.3, -0.25) is 4.79 Å². The summed E-state index contributed by atoms with van der Waals surface area (Å²) in [5.74, 6) is -0.151. The van der Waals surface area contributed by atoms with Crippen LogP contribution < -0.4 is 4.74 Å². The molecule has 0 fully saturated rings. The number of methoxy groups -OCH3 is 1. The standard InChI is InChI=1S/C15H21ClO4S/c1-3-11(10-15(17)18)21-12-5-6-13(16)14(9-12)20-8-4-7-19-2/h5-6,9,11H,3-4,7-8,10H2,1-2H3,(H,17,18). The molecule has 1 unspecified atom stereocenters. The van der Waals surface area contributed by atoms with Crippen LogP contribution in [0, 0.1) is 0 Å². The van der Waals surface area contributed by atoms with Gasteiger partial charge in [-0.15, -0.1) is 11.8 Å². The zero-order chi connectivity index (χ0) is 15.7. The third kappa shape index (κ3) is 7.07. The van der Waals surface area contributed by atoms with Crippen molar-refractivity contribution in [1.82, 2.24) is 0 Å². The van der Waals surface area contributed by atoms with Gasteiger partial charge in [0.05, 0.1) is 18.1 Å². The summed E-state index contributed by atoms with van der Waals surface area (Å²) in [5, 5.41) is 9.49. The fraction of sp³-hybridized carbons (Fsp3) is 0.533. The maximum atomic E-state index is 10.8. The Bertz CT molecular complexity index is 453. The third-order valence-corrected chi connectivity index (χ3v) is 4.49. The molecule has 0 spiro atoms. The van der Waals surface area contributed by atoms with Crippen LogP contribution in [0.4, 0.5) is 0 Å². The smallest absolute Gasteiger partial charge is 0.304 e. The summed E-state index contributed by atoms with van der Waals surface area (Å²) >= 11 is 7.64. The Kier molecular flexibility index (Phi) is 8.57. The van der Waals surface area contributed by atoms with Gasteiger partial charge < -0.3 is 14.6 Å². The predicted octanol–water partition coefficient (Wildman–Crippen LogP) is 4.10. The maximum absolute atomic E-state index is 10.8. The minimum absolute atomic E-state index is 0.0463. The highest BCUT2D eigenvalue weighted by Crippen LogP contribution is 2.34. The number of halogens is 1. The van der Waals surface area contributed by atoms with Crippen molar-refractivity contribution >= 4 is 29.3 Å². The van der Waals surface area contributed by atoms with Gasteiger partial charge in [-0.2, -0.15) is 0 Å². The Balaban J connectivity index is 2.64. The largest absolute Gasteiger partial charge is 0.492 e. The van der Waals surface area contributed by atoms with E-state index in [9.17, 15) is 4.79 Å². The van der Waals surface area contributed by atoms with Gasteiger partial charge >= 0.3 is 5.97 Å². The average Bonchev–Trinajstić information content (AvgIpc) is 2.45. The highest BCUT2D eigenvalue weighted by atomic mass is 35.5. The topological polar surface area (TPSA) is 55.8 Å². The highest BCUT2D eigenvalue weighted by molar-refractivity contribution is 8.00. The van der Waals surface area contributed by atoms with E-state index in [1.807, 2.05) is 19.1 Å². The van der Waals surface area contributed by atoms with Crippen LogP contribution in [0.15, 0.2) is 23.1 Å². The van der Waals surface area contributed by atoms with E-state index in [1.54, 1.807) is 13.2 Å². The summed E-state index contributed by atoms with van der Waals surface area (Å²) in [6.45, 7) is 3.16. The van der Waals surface area contributed by atoms with Crippen LogP contribution in [0.5, 0.6) is 5.75 Å². The SMILES string of the molecule is CCC(CC(=O)O)Sc1ccc(Cl)c(OCCCOC)c1. The Morgan fingerprint density at radius 1 is 1.43 bits per heavy atom. The molecule has 1 atom stereocenters. The number of ether oxygens (including phenoxy) is 2. The summed E-state index contributed by atoms with van der Waals surface area (Å²) < 4.78 is 10.6. The molecule has 0 saturated carbocycles. The number of benzene rings is 1. The number of hydrogen-bond acceptors (Lipinski definition) is 4. The van der Waals surface area contributed by atoms with Crippen molar-refractivity contribution in [2.45, 2.75) is 36.3 Å². The maximum Gasteiger partial charge on any atom is 0.304 e. The molecular formula is C15H21ClO4S. The molecule has 1 aromatic carbocycles. The molecule has 1 aromatic rings. The summed E-state index contributed by atoms with van der Waals surface area (Å²) in [6, 6.07) is 5.53. The van der Waals surface area contributed by atoms with Crippen LogP contribution in [-0.2, 0) is 9.53 Å². The van der Waals surface area contributed by atoms with E-state index < -0.39 is 5.97 Å². The zero-order valence-corrected chi connectivity index (χ0v) is 13.9. The molecule has 0 aliphatic heterocycles. The number of carboxylic acids is 1. The molecule has 0 amide bonds. The van der Waals surface area contributed by atoms with Crippen molar-refractivity contribution in [1.29, 1.82) is 0 Å². The van der Waals surface area contributed by atoms with E-state index >= 15 is 0 Å². The number of rotatable bonds is 10. The molecule has 1 N–H and O–H groups in total. The number of aliphatic carboxylic acids is 1. The van der Waals surface area contributed by atoms with E-state index in [0.29, 0.717) is 24.0 Å². The van der Waals surface area contributed by atoms with E-state index in [0.717, 1.165) is 17.7 Å². The van der Waals surface area contributed by atoms with Crippen LogP contribution in [0.25, 0.3) is 0 Å². The van der Waals surface area contributed by atoms with Crippen LogP contribution in [0.1, 0.15) is 26.2 Å². The molecule has 1 rings (SSSR count). The van der Waals surface area contributed by atoms with Gasteiger partial charge in [-0.05, 0) is 24.6 Å². The van der Waals surface area contributed by atoms with Crippen molar-refractivity contribution in [3.8, 4) is 5.75 Å². The van der Waals surface area contributed by atoms with Crippen LogP contribution >= 0.6 is 23.4 Å². The number of carbonyl (C=O) groups is 1. The second-order valence-electron chi connectivity index (χ2n) is 4.53. The molecule has 0 radical (unpaired) electrons. The van der Waals surface area contributed by atoms with Gasteiger partial charge in [0, 0.05) is 30.3 Å². The van der Waals surface area contributed by atoms with E-state index in [2.05, 4.69) is 0 Å². The van der Waals surface area contributed by atoms with Gasteiger partial charge in [0.25, 0.3) is 0 Å². The molecule has 118 valence electrons. The Labute approximate surface area is 134 Å². The fourth-order valence-corrected chi connectivity index (χ4v) is 2.98. The van der Waals surface area contributed by atoms with Crippen molar-refractivity contribution in [3.05, 3.63) is 23.2 Å². The molecule has 4 nitrogen and oxygen atoms in total. The molecule has 6 heteroatoms. The highest BCUT2D eigenvalue weighted by Gasteiger charge is 2.14. The van der Waals surface area contributed by atoms with Crippen molar-refractivity contribution in [2.75, 3.05) is 20.3 Å². The first-order valence-corrected chi connectivity index (χ1v) is 8.12. The molecule has 0 aromatic heterocycles. The number of hydrogen-bond donors (Lipinski definition) is 1. The minimum atomic E-state index is -0.778. The van der Waals surface area contributed by atoms with Gasteiger partial charge in [0.2, 0.25) is 0 Å². The normalized spacial score (nSPS) is 12.1. The first-order chi connectivity index (χ1) is 10.1. The second-order valence-corrected chi connectivity index (χ2v) is 6.31. The average molecular weight is 333 g/mol. The van der Waals surface area contributed by atoms with E-state index in [-0.39, 0.29) is 11.7 Å². The van der Waals surface area contributed by atoms with Crippen molar-refractivity contribution in [2.24, 2.45) is 0 Å². The molecule has 0 aliphatic rings. The third-order valence-electron chi connectivity index (χ3n) is 2.81. The van der Waals surface area contributed by atoms with Gasteiger partial charge in [-0.25, -0.2) is 0 Å².